The molecule has 4 heteroatoms. The molecule has 4 nitrogen and oxygen atoms in total. The number of hydrogen-bond donors (Lipinski definition) is 1. The lowest BCUT2D eigenvalue weighted by Gasteiger charge is -2.24. The Bertz CT molecular complexity index is 449. The van der Waals surface area contributed by atoms with E-state index in [2.05, 4.69) is 17.1 Å². The number of pyridine rings is 1. The summed E-state index contributed by atoms with van der Waals surface area (Å²) in [5.74, 6) is 0. The monoisotopic (exact) mass is 291 g/mol. The molecule has 0 amide bonds. The molecule has 0 radical (unpaired) electrons. The largest absolute Gasteiger partial charge is 0.315 e. The summed E-state index contributed by atoms with van der Waals surface area (Å²) < 4.78 is 1.78. The smallest absolute Gasteiger partial charge is 0.250 e. The van der Waals surface area contributed by atoms with Crippen molar-refractivity contribution in [2.45, 2.75) is 51.6 Å². The van der Waals surface area contributed by atoms with Crippen molar-refractivity contribution in [3.8, 4) is 0 Å². The van der Waals surface area contributed by atoms with Crippen LogP contribution in [0.25, 0.3) is 0 Å². The summed E-state index contributed by atoms with van der Waals surface area (Å²) in [6.07, 6.45) is 8.35. The van der Waals surface area contributed by atoms with Gasteiger partial charge in [0.1, 0.15) is 0 Å². The molecule has 0 aromatic carbocycles. The Hall–Kier alpha value is -1.13. The third-order valence-corrected chi connectivity index (χ3v) is 4.20. The first-order chi connectivity index (χ1) is 10.3. The quantitative estimate of drug-likeness (QED) is 0.782. The Morgan fingerprint density at radius 1 is 1.19 bits per heavy atom. The molecule has 1 aromatic rings. The summed E-state index contributed by atoms with van der Waals surface area (Å²) in [6.45, 7) is 7.68. The topological polar surface area (TPSA) is 37.3 Å². The third kappa shape index (κ3) is 6.02. The zero-order valence-corrected chi connectivity index (χ0v) is 13.3. The van der Waals surface area contributed by atoms with Crippen LogP contribution in [0.1, 0.15) is 39.0 Å². The minimum atomic E-state index is 0.0927. The van der Waals surface area contributed by atoms with Gasteiger partial charge in [0.15, 0.2) is 0 Å². The normalized spacial score (nSPS) is 18.3. The third-order valence-electron chi connectivity index (χ3n) is 4.20. The predicted molar refractivity (Wildman–Crippen MR) is 87.7 cm³/mol. The van der Waals surface area contributed by atoms with E-state index in [0.29, 0.717) is 6.04 Å². The van der Waals surface area contributed by atoms with Crippen LogP contribution in [0.3, 0.4) is 0 Å². The van der Waals surface area contributed by atoms with Gasteiger partial charge in [-0.2, -0.15) is 0 Å². The van der Waals surface area contributed by atoms with Crippen LogP contribution < -0.4 is 10.9 Å². The summed E-state index contributed by atoms with van der Waals surface area (Å²) in [6, 6.07) is 5.85. The van der Waals surface area contributed by atoms with Crippen molar-refractivity contribution in [3.63, 3.8) is 0 Å². The van der Waals surface area contributed by atoms with Gasteiger partial charge in [-0.3, -0.25) is 4.79 Å². The Balaban J connectivity index is 1.61. The van der Waals surface area contributed by atoms with E-state index < -0.39 is 0 Å². The van der Waals surface area contributed by atoms with Crippen LogP contribution in [-0.4, -0.2) is 41.7 Å². The fourth-order valence-electron chi connectivity index (χ4n) is 3.01. The van der Waals surface area contributed by atoms with E-state index in [4.69, 9.17) is 0 Å². The minimum absolute atomic E-state index is 0.0927. The van der Waals surface area contributed by atoms with Crippen LogP contribution in [0, 0.1) is 0 Å². The van der Waals surface area contributed by atoms with Crippen LogP contribution in [0.4, 0.5) is 0 Å². The maximum absolute atomic E-state index is 11.6. The van der Waals surface area contributed by atoms with Crippen LogP contribution in [0.15, 0.2) is 29.2 Å². The van der Waals surface area contributed by atoms with Crippen molar-refractivity contribution in [2.24, 2.45) is 0 Å². The first-order valence-electron chi connectivity index (χ1n) is 8.37. The molecule has 0 unspecified atom stereocenters. The summed E-state index contributed by atoms with van der Waals surface area (Å²) >= 11 is 0. The molecule has 1 fully saturated rings. The Labute approximate surface area is 128 Å². The molecule has 1 saturated heterocycles. The highest BCUT2D eigenvalue weighted by molar-refractivity contribution is 4.93. The van der Waals surface area contributed by atoms with E-state index in [9.17, 15) is 4.79 Å². The maximum Gasteiger partial charge on any atom is 0.250 e. The van der Waals surface area contributed by atoms with Crippen LogP contribution in [-0.2, 0) is 6.54 Å². The van der Waals surface area contributed by atoms with Gasteiger partial charge in [-0.1, -0.05) is 18.9 Å². The Kier molecular flexibility index (Phi) is 6.96. The van der Waals surface area contributed by atoms with Gasteiger partial charge in [-0.15, -0.1) is 0 Å². The van der Waals surface area contributed by atoms with Crippen molar-refractivity contribution in [2.75, 3.05) is 26.2 Å². The summed E-state index contributed by atoms with van der Waals surface area (Å²) in [7, 11) is 0. The number of rotatable bonds is 7. The highest BCUT2D eigenvalue weighted by Crippen LogP contribution is 2.09. The lowest BCUT2D eigenvalue weighted by Crippen LogP contribution is -2.40. The maximum atomic E-state index is 11.6. The lowest BCUT2D eigenvalue weighted by atomic mass is 10.2. The molecule has 2 heterocycles. The summed E-state index contributed by atoms with van der Waals surface area (Å²) in [5, 5.41) is 3.58. The van der Waals surface area contributed by atoms with Crippen LogP contribution >= 0.6 is 0 Å². The molecular formula is C17H29N3O. The lowest BCUT2D eigenvalue weighted by molar-refractivity contribution is 0.255. The van der Waals surface area contributed by atoms with Crippen molar-refractivity contribution in [3.05, 3.63) is 34.7 Å². The highest BCUT2D eigenvalue weighted by Gasteiger charge is 2.11. The average molecular weight is 291 g/mol. The van der Waals surface area contributed by atoms with E-state index in [0.717, 1.165) is 26.1 Å². The Morgan fingerprint density at radius 2 is 1.95 bits per heavy atom. The van der Waals surface area contributed by atoms with E-state index >= 15 is 0 Å². The van der Waals surface area contributed by atoms with E-state index in [1.165, 1.54) is 38.8 Å². The van der Waals surface area contributed by atoms with Gasteiger partial charge in [-0.05, 0) is 51.9 Å². The fraction of sp³-hybridized carbons (Fsp3) is 0.706. The van der Waals surface area contributed by atoms with Gasteiger partial charge < -0.3 is 14.8 Å². The highest BCUT2D eigenvalue weighted by atomic mass is 16.1. The summed E-state index contributed by atoms with van der Waals surface area (Å²) in [5.41, 5.74) is 0.0927. The van der Waals surface area contributed by atoms with Gasteiger partial charge in [-0.25, -0.2) is 0 Å². The van der Waals surface area contributed by atoms with Gasteiger partial charge in [0.25, 0.3) is 0 Å². The minimum Gasteiger partial charge on any atom is -0.315 e. The molecule has 1 aliphatic heterocycles. The number of aromatic nitrogens is 1. The van der Waals surface area contributed by atoms with E-state index in [1.54, 1.807) is 16.7 Å². The average Bonchev–Trinajstić information content (AvgIpc) is 2.74. The van der Waals surface area contributed by atoms with Gasteiger partial charge in [0.05, 0.1) is 0 Å². The van der Waals surface area contributed by atoms with Crippen molar-refractivity contribution in [1.29, 1.82) is 0 Å². The molecular weight excluding hydrogens is 262 g/mol. The Morgan fingerprint density at radius 3 is 2.67 bits per heavy atom. The molecule has 0 spiro atoms. The SMILES string of the molecule is C[C@@H](CN1CCCCCC1)NCCCn1ccccc1=O. The number of aryl methyl sites for hydroxylation is 1. The molecule has 1 aromatic heterocycles. The molecule has 0 bridgehead atoms. The van der Waals surface area contributed by atoms with Crippen LogP contribution in [0.2, 0.25) is 0 Å². The number of nitrogens with zero attached hydrogens (tertiary/aromatic N) is 2. The number of nitrogens with one attached hydrogen (secondary N) is 1. The van der Waals surface area contributed by atoms with Gasteiger partial charge in [0.2, 0.25) is 5.56 Å². The standard InChI is InChI=1S/C17H29N3O/c1-16(15-19-11-5-2-3-6-12-19)18-10-8-14-20-13-7-4-9-17(20)21/h4,7,9,13,16,18H,2-3,5-6,8,10-12,14-15H2,1H3/t16-/m0/s1. The zero-order chi connectivity index (χ0) is 14.9. The molecule has 21 heavy (non-hydrogen) atoms. The molecule has 118 valence electrons. The first kappa shape index (κ1) is 16.2. The fourth-order valence-corrected chi connectivity index (χ4v) is 3.01. The summed E-state index contributed by atoms with van der Waals surface area (Å²) in [4.78, 5) is 14.2. The molecule has 2 rings (SSSR count). The van der Waals surface area contributed by atoms with E-state index in [-0.39, 0.29) is 5.56 Å². The second-order valence-electron chi connectivity index (χ2n) is 6.16. The second-order valence-corrected chi connectivity index (χ2v) is 6.16. The molecule has 1 N–H and O–H groups in total. The predicted octanol–water partition coefficient (Wildman–Crippen LogP) is 2.09. The van der Waals surface area contributed by atoms with Crippen molar-refractivity contribution < 1.29 is 0 Å². The van der Waals surface area contributed by atoms with Crippen molar-refractivity contribution in [1.82, 2.24) is 14.8 Å². The molecule has 1 atom stereocenters. The van der Waals surface area contributed by atoms with Crippen LogP contribution in [0.5, 0.6) is 0 Å². The second kappa shape index (κ2) is 9.00. The van der Waals surface area contributed by atoms with Gasteiger partial charge >= 0.3 is 0 Å². The number of hydrogen-bond acceptors (Lipinski definition) is 3. The molecule has 0 saturated carbocycles. The molecule has 1 aliphatic rings. The number of likely N-dealkylation sites (tertiary alicyclic amines) is 1. The van der Waals surface area contributed by atoms with Gasteiger partial charge in [0, 0.05) is 31.4 Å². The zero-order valence-electron chi connectivity index (χ0n) is 13.3. The molecule has 0 aliphatic carbocycles. The first-order valence-corrected chi connectivity index (χ1v) is 8.37. The van der Waals surface area contributed by atoms with E-state index in [1.807, 2.05) is 12.3 Å². The van der Waals surface area contributed by atoms with Crippen molar-refractivity contribution >= 4 is 0 Å².